The second-order valence-corrected chi connectivity index (χ2v) is 4.57. The standard InChI is InChI=1S/C13H20N2O/c14-13-8-4-7-12(15-13)10-16-9-11-5-2-1-3-6-11/h4,7-8,11H,1-3,5-6,9-10H2,(H2,14,15). The number of hydrogen-bond donors (Lipinski definition) is 1. The third kappa shape index (κ3) is 3.49. The summed E-state index contributed by atoms with van der Waals surface area (Å²) >= 11 is 0. The van der Waals surface area contributed by atoms with Gasteiger partial charge in [0.05, 0.1) is 12.3 Å². The summed E-state index contributed by atoms with van der Waals surface area (Å²) in [6.45, 7) is 1.46. The quantitative estimate of drug-likeness (QED) is 0.848. The SMILES string of the molecule is Nc1cccc(COCC2CCCCC2)n1. The van der Waals surface area contributed by atoms with Crippen LogP contribution in [0.1, 0.15) is 37.8 Å². The predicted molar refractivity (Wildman–Crippen MR) is 64.9 cm³/mol. The molecular weight excluding hydrogens is 200 g/mol. The highest BCUT2D eigenvalue weighted by molar-refractivity contribution is 5.28. The Hall–Kier alpha value is -1.09. The summed E-state index contributed by atoms with van der Waals surface area (Å²) in [6, 6.07) is 5.67. The summed E-state index contributed by atoms with van der Waals surface area (Å²) < 4.78 is 5.70. The van der Waals surface area contributed by atoms with Crippen LogP contribution in [0.2, 0.25) is 0 Å². The van der Waals surface area contributed by atoms with E-state index in [1.165, 1.54) is 32.1 Å². The van der Waals surface area contributed by atoms with Gasteiger partial charge in [-0.15, -0.1) is 0 Å². The van der Waals surface area contributed by atoms with E-state index in [9.17, 15) is 0 Å². The predicted octanol–water partition coefficient (Wildman–Crippen LogP) is 2.76. The minimum atomic E-state index is 0.568. The number of anilines is 1. The third-order valence-electron chi connectivity index (χ3n) is 3.16. The van der Waals surface area contributed by atoms with E-state index in [2.05, 4.69) is 4.98 Å². The van der Waals surface area contributed by atoms with Gasteiger partial charge in [0, 0.05) is 6.61 Å². The van der Waals surface area contributed by atoms with E-state index < -0.39 is 0 Å². The maximum Gasteiger partial charge on any atom is 0.123 e. The molecule has 0 unspecified atom stereocenters. The van der Waals surface area contributed by atoms with Crippen LogP contribution in [0.5, 0.6) is 0 Å². The zero-order chi connectivity index (χ0) is 11.2. The molecular formula is C13H20N2O. The van der Waals surface area contributed by atoms with Crippen molar-refractivity contribution in [1.82, 2.24) is 4.98 Å². The molecule has 1 aliphatic carbocycles. The number of rotatable bonds is 4. The van der Waals surface area contributed by atoms with Crippen molar-refractivity contribution in [2.75, 3.05) is 12.3 Å². The minimum absolute atomic E-state index is 0.568. The third-order valence-corrected chi connectivity index (χ3v) is 3.16. The first-order valence-electron chi connectivity index (χ1n) is 6.14. The van der Waals surface area contributed by atoms with Gasteiger partial charge in [-0.25, -0.2) is 4.98 Å². The van der Waals surface area contributed by atoms with Crippen molar-refractivity contribution in [3.63, 3.8) is 0 Å². The largest absolute Gasteiger partial charge is 0.384 e. The molecule has 0 saturated heterocycles. The molecule has 88 valence electrons. The van der Waals surface area contributed by atoms with Crippen LogP contribution in [0.25, 0.3) is 0 Å². The number of aromatic nitrogens is 1. The Morgan fingerprint density at radius 1 is 1.25 bits per heavy atom. The Morgan fingerprint density at radius 3 is 2.81 bits per heavy atom. The maximum atomic E-state index is 5.70. The highest BCUT2D eigenvalue weighted by Crippen LogP contribution is 2.23. The van der Waals surface area contributed by atoms with Crippen LogP contribution < -0.4 is 5.73 Å². The van der Waals surface area contributed by atoms with Gasteiger partial charge >= 0.3 is 0 Å². The lowest BCUT2D eigenvalue weighted by Crippen LogP contribution is -2.13. The van der Waals surface area contributed by atoms with E-state index in [-0.39, 0.29) is 0 Å². The van der Waals surface area contributed by atoms with Gasteiger partial charge < -0.3 is 10.5 Å². The Labute approximate surface area is 97.0 Å². The lowest BCUT2D eigenvalue weighted by molar-refractivity contribution is 0.0721. The van der Waals surface area contributed by atoms with Gasteiger partial charge in [-0.05, 0) is 30.9 Å². The molecule has 1 heterocycles. The van der Waals surface area contributed by atoms with E-state index >= 15 is 0 Å². The second-order valence-electron chi connectivity index (χ2n) is 4.57. The van der Waals surface area contributed by atoms with Gasteiger partial charge in [-0.1, -0.05) is 25.3 Å². The number of nitrogen functional groups attached to an aromatic ring is 1. The van der Waals surface area contributed by atoms with Crippen molar-refractivity contribution in [2.45, 2.75) is 38.7 Å². The molecule has 0 radical (unpaired) electrons. The fourth-order valence-electron chi connectivity index (χ4n) is 2.26. The first kappa shape index (κ1) is 11.4. The van der Waals surface area contributed by atoms with E-state index in [1.807, 2.05) is 12.1 Å². The number of nitrogens with two attached hydrogens (primary N) is 1. The molecule has 0 bridgehead atoms. The van der Waals surface area contributed by atoms with Crippen LogP contribution in [0.15, 0.2) is 18.2 Å². The molecule has 1 aromatic rings. The lowest BCUT2D eigenvalue weighted by atomic mass is 9.90. The molecule has 0 amide bonds. The number of nitrogens with zero attached hydrogens (tertiary/aromatic N) is 1. The highest BCUT2D eigenvalue weighted by Gasteiger charge is 2.13. The van der Waals surface area contributed by atoms with E-state index in [0.29, 0.717) is 12.4 Å². The van der Waals surface area contributed by atoms with Crippen molar-refractivity contribution < 1.29 is 4.74 Å². The average molecular weight is 220 g/mol. The molecule has 3 heteroatoms. The van der Waals surface area contributed by atoms with Gasteiger partial charge in [0.15, 0.2) is 0 Å². The topological polar surface area (TPSA) is 48.1 Å². The van der Waals surface area contributed by atoms with E-state index in [1.54, 1.807) is 6.07 Å². The smallest absolute Gasteiger partial charge is 0.123 e. The molecule has 1 saturated carbocycles. The monoisotopic (exact) mass is 220 g/mol. The summed E-state index contributed by atoms with van der Waals surface area (Å²) in [4.78, 5) is 4.21. The summed E-state index contributed by atoms with van der Waals surface area (Å²) in [5.74, 6) is 1.33. The van der Waals surface area contributed by atoms with E-state index in [4.69, 9.17) is 10.5 Å². The van der Waals surface area contributed by atoms with Crippen molar-refractivity contribution in [1.29, 1.82) is 0 Å². The molecule has 0 aliphatic heterocycles. The molecule has 3 nitrogen and oxygen atoms in total. The molecule has 1 aromatic heterocycles. The lowest BCUT2D eigenvalue weighted by Gasteiger charge is -2.21. The number of hydrogen-bond acceptors (Lipinski definition) is 3. The highest BCUT2D eigenvalue weighted by atomic mass is 16.5. The van der Waals surface area contributed by atoms with Crippen LogP contribution in [-0.2, 0) is 11.3 Å². The van der Waals surface area contributed by atoms with Crippen LogP contribution in [0.3, 0.4) is 0 Å². The van der Waals surface area contributed by atoms with Gasteiger partial charge in [-0.3, -0.25) is 0 Å². The Balaban J connectivity index is 1.71. The molecule has 2 rings (SSSR count). The fraction of sp³-hybridized carbons (Fsp3) is 0.615. The molecule has 1 aliphatic rings. The molecule has 0 aromatic carbocycles. The van der Waals surface area contributed by atoms with E-state index in [0.717, 1.165) is 18.2 Å². The van der Waals surface area contributed by atoms with Crippen LogP contribution in [0, 0.1) is 5.92 Å². The summed E-state index contributed by atoms with van der Waals surface area (Å²) in [7, 11) is 0. The normalized spacial score (nSPS) is 17.5. The molecule has 2 N–H and O–H groups in total. The molecule has 0 atom stereocenters. The Morgan fingerprint density at radius 2 is 2.06 bits per heavy atom. The first-order valence-corrected chi connectivity index (χ1v) is 6.14. The van der Waals surface area contributed by atoms with Gasteiger partial charge in [0.2, 0.25) is 0 Å². The zero-order valence-electron chi connectivity index (χ0n) is 9.69. The van der Waals surface area contributed by atoms with Gasteiger partial charge in [0.1, 0.15) is 5.82 Å². The van der Waals surface area contributed by atoms with Crippen LogP contribution >= 0.6 is 0 Å². The van der Waals surface area contributed by atoms with Crippen molar-refractivity contribution in [2.24, 2.45) is 5.92 Å². The average Bonchev–Trinajstić information content (AvgIpc) is 2.30. The van der Waals surface area contributed by atoms with Gasteiger partial charge in [0.25, 0.3) is 0 Å². The number of ether oxygens (including phenoxy) is 1. The Bertz CT molecular complexity index is 321. The fourth-order valence-corrected chi connectivity index (χ4v) is 2.26. The number of pyridine rings is 1. The Kier molecular flexibility index (Phi) is 4.17. The first-order chi connectivity index (χ1) is 7.84. The minimum Gasteiger partial charge on any atom is -0.384 e. The van der Waals surface area contributed by atoms with Crippen molar-refractivity contribution >= 4 is 5.82 Å². The molecule has 1 fully saturated rings. The van der Waals surface area contributed by atoms with Crippen molar-refractivity contribution in [3.05, 3.63) is 23.9 Å². The summed E-state index contributed by atoms with van der Waals surface area (Å²) in [6.07, 6.45) is 6.77. The summed E-state index contributed by atoms with van der Waals surface area (Å²) in [5.41, 5.74) is 6.53. The maximum absolute atomic E-state index is 5.70. The second kappa shape index (κ2) is 5.85. The molecule has 16 heavy (non-hydrogen) atoms. The molecule has 0 spiro atoms. The zero-order valence-corrected chi connectivity index (χ0v) is 9.69. The van der Waals surface area contributed by atoms with Crippen LogP contribution in [-0.4, -0.2) is 11.6 Å². The summed E-state index contributed by atoms with van der Waals surface area (Å²) in [5, 5.41) is 0. The van der Waals surface area contributed by atoms with Gasteiger partial charge in [-0.2, -0.15) is 0 Å². The van der Waals surface area contributed by atoms with Crippen molar-refractivity contribution in [3.8, 4) is 0 Å². The van der Waals surface area contributed by atoms with Crippen LogP contribution in [0.4, 0.5) is 5.82 Å².